The second kappa shape index (κ2) is 10.8. The molecule has 1 N–H and O–H groups in total. The molecule has 0 aliphatic heterocycles. The topological polar surface area (TPSA) is 85.6 Å². The van der Waals surface area contributed by atoms with Gasteiger partial charge in [0.2, 0.25) is 0 Å². The molecule has 1 amide bonds. The number of benzene rings is 2. The lowest BCUT2D eigenvalue weighted by Gasteiger charge is -2.10. The van der Waals surface area contributed by atoms with Crippen LogP contribution in [0.3, 0.4) is 0 Å². The molecule has 3 aromatic heterocycles. The van der Waals surface area contributed by atoms with E-state index in [0.29, 0.717) is 34.0 Å². The normalized spacial score (nSPS) is 10.9. The van der Waals surface area contributed by atoms with Crippen molar-refractivity contribution < 1.29 is 4.79 Å². The molecule has 0 atom stereocenters. The van der Waals surface area contributed by atoms with Crippen molar-refractivity contribution in [3.63, 3.8) is 0 Å². The Morgan fingerprint density at radius 1 is 1.06 bits per heavy atom. The minimum atomic E-state index is -0.192. The first-order chi connectivity index (χ1) is 17.2. The number of hydrogen-bond acceptors (Lipinski definition) is 7. The smallest absolute Gasteiger partial charge is 0.271 e. The summed E-state index contributed by atoms with van der Waals surface area (Å²) in [6, 6.07) is 21.1. The molecular formula is C25H19ClN6OS2. The monoisotopic (exact) mass is 518 g/mol. The highest BCUT2D eigenvalue weighted by Gasteiger charge is 2.18. The van der Waals surface area contributed by atoms with Crippen LogP contribution in [0.2, 0.25) is 5.02 Å². The standard InChI is InChI=1S/C25H19ClN6OS2/c26-19-9-4-10-20(12-19)32-23(18-8-5-11-27-14-18)30-31-25(32)35-16-22-29-21(15-34-22)24(33)28-13-17-6-2-1-3-7-17/h1-12,14-15H,13,16H2,(H,28,33). The van der Waals surface area contributed by atoms with Crippen molar-refractivity contribution in [2.24, 2.45) is 0 Å². The van der Waals surface area contributed by atoms with Crippen molar-refractivity contribution in [2.45, 2.75) is 17.5 Å². The Morgan fingerprint density at radius 2 is 1.94 bits per heavy atom. The molecule has 0 aliphatic carbocycles. The zero-order valence-corrected chi connectivity index (χ0v) is 20.7. The molecule has 0 spiro atoms. The van der Waals surface area contributed by atoms with Crippen LogP contribution in [0, 0.1) is 0 Å². The van der Waals surface area contributed by atoms with Crippen molar-refractivity contribution >= 4 is 40.6 Å². The maximum atomic E-state index is 12.5. The highest BCUT2D eigenvalue weighted by Crippen LogP contribution is 2.31. The summed E-state index contributed by atoms with van der Waals surface area (Å²) in [6.45, 7) is 0.459. The van der Waals surface area contributed by atoms with E-state index in [1.54, 1.807) is 17.8 Å². The number of thiazole rings is 1. The maximum Gasteiger partial charge on any atom is 0.271 e. The molecule has 5 aromatic rings. The first kappa shape index (κ1) is 23.2. The molecule has 0 saturated heterocycles. The van der Waals surface area contributed by atoms with Crippen LogP contribution in [0.4, 0.5) is 0 Å². The average Bonchev–Trinajstić information content (AvgIpc) is 3.55. The van der Waals surface area contributed by atoms with Gasteiger partial charge in [0, 0.05) is 34.9 Å². The van der Waals surface area contributed by atoms with E-state index in [9.17, 15) is 4.79 Å². The van der Waals surface area contributed by atoms with Crippen molar-refractivity contribution in [3.05, 3.63) is 106 Å². The average molecular weight is 519 g/mol. The molecule has 3 heterocycles. The third-order valence-electron chi connectivity index (χ3n) is 5.02. The van der Waals surface area contributed by atoms with Gasteiger partial charge >= 0.3 is 0 Å². The predicted molar refractivity (Wildman–Crippen MR) is 139 cm³/mol. The van der Waals surface area contributed by atoms with Crippen molar-refractivity contribution in [1.82, 2.24) is 30.0 Å². The van der Waals surface area contributed by atoms with Crippen molar-refractivity contribution in [2.75, 3.05) is 0 Å². The number of rotatable bonds is 8. The number of carbonyl (C=O) groups excluding carboxylic acids is 1. The molecule has 0 radical (unpaired) electrons. The zero-order valence-electron chi connectivity index (χ0n) is 18.3. The van der Waals surface area contributed by atoms with Crippen LogP contribution in [0.25, 0.3) is 17.1 Å². The summed E-state index contributed by atoms with van der Waals surface area (Å²) in [7, 11) is 0. The van der Waals surface area contributed by atoms with Crippen LogP contribution in [0.15, 0.2) is 89.7 Å². The van der Waals surface area contributed by atoms with E-state index in [1.165, 1.54) is 23.1 Å². The first-order valence-electron chi connectivity index (χ1n) is 10.7. The van der Waals surface area contributed by atoms with E-state index in [2.05, 4.69) is 25.5 Å². The molecule has 0 bridgehead atoms. The van der Waals surface area contributed by atoms with Gasteiger partial charge in [-0.05, 0) is 35.9 Å². The highest BCUT2D eigenvalue weighted by atomic mass is 35.5. The second-order valence-corrected chi connectivity index (χ2v) is 9.77. The number of nitrogens with zero attached hydrogens (tertiary/aromatic N) is 5. The van der Waals surface area contributed by atoms with Gasteiger partial charge in [0.15, 0.2) is 11.0 Å². The maximum absolute atomic E-state index is 12.5. The summed E-state index contributed by atoms with van der Waals surface area (Å²) in [4.78, 5) is 21.2. The van der Waals surface area contributed by atoms with E-state index < -0.39 is 0 Å². The minimum absolute atomic E-state index is 0.192. The Hall–Kier alpha value is -3.53. The zero-order chi connectivity index (χ0) is 24.0. The third kappa shape index (κ3) is 5.59. The van der Waals surface area contributed by atoms with Crippen LogP contribution in [0.5, 0.6) is 0 Å². The van der Waals surface area contributed by atoms with Gasteiger partial charge in [-0.3, -0.25) is 14.3 Å². The Kier molecular flexibility index (Phi) is 7.17. The molecule has 35 heavy (non-hydrogen) atoms. The van der Waals surface area contributed by atoms with Gasteiger partial charge in [0.05, 0.1) is 11.4 Å². The molecule has 174 valence electrons. The number of aromatic nitrogens is 5. The van der Waals surface area contributed by atoms with Gasteiger partial charge in [0.25, 0.3) is 5.91 Å². The molecule has 5 rings (SSSR count). The lowest BCUT2D eigenvalue weighted by Crippen LogP contribution is -2.23. The summed E-state index contributed by atoms with van der Waals surface area (Å²) in [5, 5.41) is 15.7. The van der Waals surface area contributed by atoms with Crippen LogP contribution >= 0.6 is 34.7 Å². The quantitative estimate of drug-likeness (QED) is 0.267. The third-order valence-corrected chi connectivity index (χ3v) is 7.23. The largest absolute Gasteiger partial charge is 0.347 e. The van der Waals surface area contributed by atoms with Gasteiger partial charge in [0.1, 0.15) is 10.7 Å². The fraction of sp³-hybridized carbons (Fsp3) is 0.0800. The lowest BCUT2D eigenvalue weighted by atomic mass is 10.2. The van der Waals surface area contributed by atoms with Crippen LogP contribution in [-0.4, -0.2) is 30.6 Å². The fourth-order valence-electron chi connectivity index (χ4n) is 3.37. The molecule has 0 aliphatic rings. The predicted octanol–water partition coefficient (Wildman–Crippen LogP) is 5.66. The summed E-state index contributed by atoms with van der Waals surface area (Å²) in [6.07, 6.45) is 3.47. The number of amides is 1. The first-order valence-corrected chi connectivity index (χ1v) is 12.9. The van der Waals surface area contributed by atoms with Gasteiger partial charge < -0.3 is 5.32 Å². The van der Waals surface area contributed by atoms with Gasteiger partial charge in [-0.1, -0.05) is 59.8 Å². The Labute approximate surface area is 215 Å². The Morgan fingerprint density at radius 3 is 2.74 bits per heavy atom. The van der Waals surface area contributed by atoms with E-state index in [0.717, 1.165) is 21.8 Å². The molecule has 10 heteroatoms. The molecule has 7 nitrogen and oxygen atoms in total. The summed E-state index contributed by atoms with van der Waals surface area (Å²) < 4.78 is 1.95. The van der Waals surface area contributed by atoms with Gasteiger partial charge in [-0.15, -0.1) is 21.5 Å². The Balaban J connectivity index is 1.33. The SMILES string of the molecule is O=C(NCc1ccccc1)c1csc(CSc2nnc(-c3cccnc3)n2-c2cccc(Cl)c2)n1. The molecule has 0 saturated carbocycles. The summed E-state index contributed by atoms with van der Waals surface area (Å²) in [5.41, 5.74) is 3.15. The number of nitrogens with one attached hydrogen (secondary N) is 1. The van der Waals surface area contributed by atoms with E-state index in [-0.39, 0.29) is 5.91 Å². The minimum Gasteiger partial charge on any atom is -0.347 e. The fourth-order valence-corrected chi connectivity index (χ4v) is 5.30. The van der Waals surface area contributed by atoms with Crippen molar-refractivity contribution in [1.29, 1.82) is 0 Å². The number of pyridine rings is 1. The molecular weight excluding hydrogens is 500 g/mol. The van der Waals surface area contributed by atoms with E-state index >= 15 is 0 Å². The van der Waals surface area contributed by atoms with Crippen LogP contribution in [0.1, 0.15) is 21.1 Å². The number of hydrogen-bond donors (Lipinski definition) is 1. The van der Waals surface area contributed by atoms with E-state index in [1.807, 2.05) is 71.3 Å². The van der Waals surface area contributed by atoms with Gasteiger partial charge in [-0.25, -0.2) is 4.98 Å². The Bertz CT molecular complexity index is 1440. The van der Waals surface area contributed by atoms with E-state index in [4.69, 9.17) is 11.6 Å². The lowest BCUT2D eigenvalue weighted by molar-refractivity contribution is 0.0946. The molecule has 0 fully saturated rings. The summed E-state index contributed by atoms with van der Waals surface area (Å²) in [5.74, 6) is 1.02. The molecule has 0 unspecified atom stereocenters. The number of thioether (sulfide) groups is 1. The van der Waals surface area contributed by atoms with Gasteiger partial charge in [-0.2, -0.15) is 0 Å². The number of halogens is 1. The second-order valence-electron chi connectivity index (χ2n) is 7.45. The number of carbonyl (C=O) groups is 1. The molecule has 2 aromatic carbocycles. The highest BCUT2D eigenvalue weighted by molar-refractivity contribution is 7.98. The summed E-state index contributed by atoms with van der Waals surface area (Å²) >= 11 is 9.20. The van der Waals surface area contributed by atoms with Crippen molar-refractivity contribution in [3.8, 4) is 17.1 Å². The van der Waals surface area contributed by atoms with Crippen LogP contribution < -0.4 is 5.32 Å². The van der Waals surface area contributed by atoms with Crippen LogP contribution in [-0.2, 0) is 12.3 Å².